The fourth-order valence-electron chi connectivity index (χ4n) is 3.29. The number of hydrogen-bond donors (Lipinski definition) is 0. The number of nitrogens with zero attached hydrogens (tertiary/aromatic N) is 1. The summed E-state index contributed by atoms with van der Waals surface area (Å²) < 4.78 is 0. The molecule has 17 heavy (non-hydrogen) atoms. The largest absolute Gasteiger partial charge is 0.306 e. The van der Waals surface area contributed by atoms with E-state index in [1.807, 2.05) is 13.8 Å². The van der Waals surface area contributed by atoms with Crippen LogP contribution in [0.3, 0.4) is 0 Å². The Bertz CT molecular complexity index is 202. The quantitative estimate of drug-likeness (QED) is 0.694. The van der Waals surface area contributed by atoms with Crippen molar-refractivity contribution >= 4 is 0 Å². The Morgan fingerprint density at radius 2 is 1.76 bits per heavy atom. The van der Waals surface area contributed by atoms with Crippen LogP contribution < -0.4 is 0 Å². The Kier molecular flexibility index (Phi) is 5.99. The smallest absolute Gasteiger partial charge is 0.00164 e. The van der Waals surface area contributed by atoms with Gasteiger partial charge in [0.25, 0.3) is 0 Å². The SMILES string of the molecule is CC.CC(C)CCCC1CC12CCN(C)CC2. The van der Waals surface area contributed by atoms with E-state index in [0.29, 0.717) is 0 Å². The van der Waals surface area contributed by atoms with Crippen LogP contribution in [0.1, 0.15) is 66.2 Å². The molecule has 0 amide bonds. The maximum absolute atomic E-state index is 2.49. The van der Waals surface area contributed by atoms with Gasteiger partial charge in [0.15, 0.2) is 0 Å². The van der Waals surface area contributed by atoms with E-state index in [1.54, 1.807) is 6.42 Å². The van der Waals surface area contributed by atoms with Crippen molar-refractivity contribution in [2.45, 2.75) is 66.2 Å². The van der Waals surface area contributed by atoms with Crippen LogP contribution in [0.2, 0.25) is 0 Å². The number of piperidine rings is 1. The highest BCUT2D eigenvalue weighted by atomic mass is 15.1. The van der Waals surface area contributed by atoms with Crippen molar-refractivity contribution < 1.29 is 0 Å². The summed E-state index contributed by atoms with van der Waals surface area (Å²) in [6.07, 6.45) is 8.94. The summed E-state index contributed by atoms with van der Waals surface area (Å²) in [7, 11) is 2.27. The molecule has 1 heterocycles. The van der Waals surface area contributed by atoms with Crippen molar-refractivity contribution in [1.29, 1.82) is 0 Å². The highest BCUT2D eigenvalue weighted by molar-refractivity contribution is 5.04. The summed E-state index contributed by atoms with van der Waals surface area (Å²) in [6, 6.07) is 0. The van der Waals surface area contributed by atoms with Crippen molar-refractivity contribution in [2.24, 2.45) is 17.3 Å². The molecule has 0 aromatic carbocycles. The second kappa shape index (κ2) is 6.78. The van der Waals surface area contributed by atoms with Crippen molar-refractivity contribution in [2.75, 3.05) is 20.1 Å². The van der Waals surface area contributed by atoms with Crippen LogP contribution in [0.15, 0.2) is 0 Å². The molecule has 102 valence electrons. The minimum absolute atomic E-state index is 0.823. The van der Waals surface area contributed by atoms with Gasteiger partial charge in [0.05, 0.1) is 0 Å². The third-order valence-corrected chi connectivity index (χ3v) is 4.68. The molecule has 0 aromatic rings. The molecule has 1 saturated carbocycles. The Labute approximate surface area is 109 Å². The van der Waals surface area contributed by atoms with Gasteiger partial charge in [0.2, 0.25) is 0 Å². The first-order valence-corrected chi connectivity index (χ1v) is 7.81. The van der Waals surface area contributed by atoms with Gasteiger partial charge in [-0.2, -0.15) is 0 Å². The van der Waals surface area contributed by atoms with Gasteiger partial charge in [-0.25, -0.2) is 0 Å². The summed E-state index contributed by atoms with van der Waals surface area (Å²) in [6.45, 7) is 11.4. The molecule has 1 aliphatic heterocycles. The van der Waals surface area contributed by atoms with E-state index in [4.69, 9.17) is 0 Å². The molecule has 1 heteroatoms. The average Bonchev–Trinajstić information content (AvgIpc) is 2.99. The Balaban J connectivity index is 0.000000686. The van der Waals surface area contributed by atoms with Crippen LogP contribution in [0.25, 0.3) is 0 Å². The topological polar surface area (TPSA) is 3.24 Å². The van der Waals surface area contributed by atoms with E-state index in [9.17, 15) is 0 Å². The van der Waals surface area contributed by atoms with Gasteiger partial charge < -0.3 is 4.90 Å². The van der Waals surface area contributed by atoms with E-state index >= 15 is 0 Å². The van der Waals surface area contributed by atoms with Gasteiger partial charge >= 0.3 is 0 Å². The maximum atomic E-state index is 2.49. The predicted octanol–water partition coefficient (Wildman–Crippen LogP) is 4.57. The van der Waals surface area contributed by atoms with Gasteiger partial charge in [-0.15, -0.1) is 0 Å². The average molecular weight is 239 g/mol. The van der Waals surface area contributed by atoms with Crippen LogP contribution in [-0.2, 0) is 0 Å². The zero-order chi connectivity index (χ0) is 12.9. The minimum Gasteiger partial charge on any atom is -0.306 e. The highest BCUT2D eigenvalue weighted by Gasteiger charge is 2.53. The van der Waals surface area contributed by atoms with Gasteiger partial charge in [-0.3, -0.25) is 0 Å². The van der Waals surface area contributed by atoms with E-state index in [2.05, 4.69) is 25.8 Å². The number of likely N-dealkylation sites (tertiary alicyclic amines) is 1. The maximum Gasteiger partial charge on any atom is -0.00164 e. The van der Waals surface area contributed by atoms with Gasteiger partial charge in [-0.1, -0.05) is 40.5 Å². The van der Waals surface area contributed by atoms with Crippen molar-refractivity contribution in [1.82, 2.24) is 4.90 Å². The number of hydrogen-bond acceptors (Lipinski definition) is 1. The van der Waals surface area contributed by atoms with E-state index in [1.165, 1.54) is 45.2 Å². The fourth-order valence-corrected chi connectivity index (χ4v) is 3.29. The zero-order valence-corrected chi connectivity index (χ0v) is 12.8. The predicted molar refractivity (Wildman–Crippen MR) is 77.3 cm³/mol. The van der Waals surface area contributed by atoms with Crippen molar-refractivity contribution in [3.05, 3.63) is 0 Å². The molecule has 1 saturated heterocycles. The highest BCUT2D eigenvalue weighted by Crippen LogP contribution is 2.61. The lowest BCUT2D eigenvalue weighted by atomic mass is 9.89. The third kappa shape index (κ3) is 4.28. The lowest BCUT2D eigenvalue weighted by Gasteiger charge is -2.30. The Morgan fingerprint density at radius 1 is 1.18 bits per heavy atom. The van der Waals surface area contributed by atoms with Crippen LogP contribution in [0.4, 0.5) is 0 Å². The molecule has 0 N–H and O–H groups in total. The first-order chi connectivity index (χ1) is 8.12. The standard InChI is InChI=1S/C14H27N.C2H6/c1-12(2)5-4-6-13-11-14(13)7-9-15(3)10-8-14;1-2/h12-13H,4-11H2,1-3H3;1-2H3. The molecule has 0 aromatic heterocycles. The van der Waals surface area contributed by atoms with Crippen LogP contribution >= 0.6 is 0 Å². The molecule has 1 atom stereocenters. The molecule has 0 bridgehead atoms. The molecule has 1 nitrogen and oxygen atoms in total. The van der Waals surface area contributed by atoms with Crippen LogP contribution in [0.5, 0.6) is 0 Å². The van der Waals surface area contributed by atoms with Crippen LogP contribution in [0, 0.1) is 17.3 Å². The van der Waals surface area contributed by atoms with E-state index < -0.39 is 0 Å². The summed E-state index contributed by atoms with van der Waals surface area (Å²) >= 11 is 0. The zero-order valence-electron chi connectivity index (χ0n) is 12.8. The van der Waals surface area contributed by atoms with Crippen molar-refractivity contribution in [3.8, 4) is 0 Å². The summed E-state index contributed by atoms with van der Waals surface area (Å²) in [4.78, 5) is 2.49. The van der Waals surface area contributed by atoms with Gasteiger partial charge in [0, 0.05) is 0 Å². The molecular formula is C16H33N. The molecule has 2 fully saturated rings. The molecule has 2 rings (SSSR count). The summed E-state index contributed by atoms with van der Waals surface area (Å²) in [5.41, 5.74) is 0.823. The van der Waals surface area contributed by atoms with Gasteiger partial charge in [-0.05, 0) is 63.1 Å². The van der Waals surface area contributed by atoms with Gasteiger partial charge in [0.1, 0.15) is 0 Å². The molecule has 2 aliphatic rings. The second-order valence-corrected chi connectivity index (χ2v) is 6.39. The Hall–Kier alpha value is -0.0400. The van der Waals surface area contributed by atoms with E-state index in [0.717, 1.165) is 17.3 Å². The molecule has 0 radical (unpaired) electrons. The normalized spacial score (nSPS) is 26.8. The number of rotatable bonds is 4. The Morgan fingerprint density at radius 3 is 2.29 bits per heavy atom. The molecular weight excluding hydrogens is 206 g/mol. The summed E-state index contributed by atoms with van der Waals surface area (Å²) in [5, 5.41) is 0. The molecule has 1 unspecified atom stereocenters. The third-order valence-electron chi connectivity index (χ3n) is 4.68. The second-order valence-electron chi connectivity index (χ2n) is 6.39. The fraction of sp³-hybridized carbons (Fsp3) is 1.00. The minimum atomic E-state index is 0.823. The monoisotopic (exact) mass is 239 g/mol. The van der Waals surface area contributed by atoms with Crippen molar-refractivity contribution in [3.63, 3.8) is 0 Å². The van der Waals surface area contributed by atoms with E-state index in [-0.39, 0.29) is 0 Å². The summed E-state index contributed by atoms with van der Waals surface area (Å²) in [5.74, 6) is 2.00. The van der Waals surface area contributed by atoms with Crippen LogP contribution in [-0.4, -0.2) is 25.0 Å². The molecule has 1 spiro atoms. The molecule has 1 aliphatic carbocycles. The lowest BCUT2D eigenvalue weighted by Crippen LogP contribution is -2.31. The first kappa shape index (κ1) is 15.0. The first-order valence-electron chi connectivity index (χ1n) is 7.81. The lowest BCUT2D eigenvalue weighted by molar-refractivity contribution is 0.190.